The number of nitrogens with zero attached hydrogens (tertiary/aromatic N) is 2. The lowest BCUT2D eigenvalue weighted by molar-refractivity contribution is -1.92. The van der Waals surface area contributed by atoms with Crippen LogP contribution < -0.4 is 18.9 Å². The Bertz CT molecular complexity index is 1680. The minimum Gasteiger partial charge on any atom is -0.461 e. The van der Waals surface area contributed by atoms with E-state index in [0.29, 0.717) is 25.9 Å². The molecular formula is C39H57ClN2O15. The van der Waals surface area contributed by atoms with Gasteiger partial charge in [0.15, 0.2) is 0 Å². The number of aliphatic hydroxyl groups excluding tert-OH is 1. The molecule has 320 valence electrons. The maximum atomic E-state index is 14.1. The van der Waals surface area contributed by atoms with Crippen LogP contribution in [0.4, 0.5) is 5.69 Å². The number of ether oxygens (including phenoxy) is 5. The van der Waals surface area contributed by atoms with E-state index in [0.717, 1.165) is 11.3 Å². The van der Waals surface area contributed by atoms with Gasteiger partial charge in [-0.3, -0.25) is 14.5 Å². The molecule has 2 heterocycles. The third-order valence-corrected chi connectivity index (χ3v) is 14.5. The van der Waals surface area contributed by atoms with E-state index in [1.807, 2.05) is 0 Å². The van der Waals surface area contributed by atoms with Crippen LogP contribution >= 0.6 is 0 Å². The molecule has 8 rings (SSSR count). The number of carbonyl (C=O) groups excluding carboxylic acids is 3. The molecule has 5 saturated carbocycles. The van der Waals surface area contributed by atoms with E-state index < -0.39 is 56.3 Å². The summed E-state index contributed by atoms with van der Waals surface area (Å²) in [5.74, 6) is -2.47. The van der Waals surface area contributed by atoms with Crippen molar-refractivity contribution < 1.29 is 82.3 Å². The number of para-hydroxylation sites is 1. The fourth-order valence-electron chi connectivity index (χ4n) is 13.2. The number of anilines is 1. The topological polar surface area (TPSA) is 254 Å². The molecule has 1 aromatic rings. The molecule has 0 aromatic heterocycles. The number of benzene rings is 1. The van der Waals surface area contributed by atoms with Gasteiger partial charge in [0, 0.05) is 88.9 Å². The van der Waals surface area contributed by atoms with Crippen LogP contribution in [0.25, 0.3) is 0 Å². The van der Waals surface area contributed by atoms with Crippen LogP contribution in [0.15, 0.2) is 24.3 Å². The highest BCUT2D eigenvalue weighted by atomic mass is 35.7. The van der Waals surface area contributed by atoms with E-state index in [4.69, 9.17) is 47.4 Å². The van der Waals surface area contributed by atoms with Crippen LogP contribution in [-0.2, 0) is 33.3 Å². The second kappa shape index (κ2) is 15.9. The fraction of sp³-hybridized carbons (Fsp3) is 0.769. The first kappa shape index (κ1) is 44.2. The van der Waals surface area contributed by atoms with Crippen LogP contribution in [0.5, 0.6) is 0 Å². The maximum absolute atomic E-state index is 14.1. The number of methoxy groups -OCH3 is 4. The van der Waals surface area contributed by atoms with Crippen LogP contribution in [0.1, 0.15) is 63.2 Å². The summed E-state index contributed by atoms with van der Waals surface area (Å²) in [5.41, 5.74) is -4.17. The van der Waals surface area contributed by atoms with Crippen molar-refractivity contribution in [3.63, 3.8) is 0 Å². The number of hydrogen-bond acceptors (Lipinski definition) is 16. The summed E-state index contributed by atoms with van der Waals surface area (Å²) in [7, 11) is 2.01. The summed E-state index contributed by atoms with van der Waals surface area (Å²) < 4.78 is 64.1. The van der Waals surface area contributed by atoms with Gasteiger partial charge in [0.1, 0.15) is 11.2 Å². The Morgan fingerprint density at radius 2 is 1.67 bits per heavy atom. The quantitative estimate of drug-likeness (QED) is 0.154. The second-order valence-corrected chi connectivity index (χ2v) is 17.5. The molecule has 1 aromatic carbocycles. The number of esters is 1. The Morgan fingerprint density at radius 3 is 2.21 bits per heavy atom. The number of imide groups is 1. The lowest BCUT2D eigenvalue weighted by Crippen LogP contribution is -2.82. The van der Waals surface area contributed by atoms with Gasteiger partial charge in [0.25, 0.3) is 0 Å². The first-order valence-corrected chi connectivity index (χ1v) is 20.8. The van der Waals surface area contributed by atoms with Gasteiger partial charge >= 0.3 is 5.97 Å². The molecular weight excluding hydrogens is 772 g/mol. The van der Waals surface area contributed by atoms with E-state index in [1.165, 1.54) is 0 Å². The highest BCUT2D eigenvalue weighted by molar-refractivity contribution is 6.22. The molecule has 0 unspecified atom stereocenters. The lowest BCUT2D eigenvalue weighted by atomic mass is 9.42. The van der Waals surface area contributed by atoms with Crippen molar-refractivity contribution in [2.75, 3.05) is 59.6 Å². The zero-order chi connectivity index (χ0) is 42.0. The number of piperidine rings is 1. The van der Waals surface area contributed by atoms with E-state index in [-0.39, 0.29) is 91.1 Å². The van der Waals surface area contributed by atoms with E-state index >= 15 is 0 Å². The number of likely N-dealkylation sites (N-methyl/N-ethyl adjacent to an activating group) is 1. The van der Waals surface area contributed by atoms with Gasteiger partial charge in [0.2, 0.25) is 11.8 Å². The molecule has 17 nitrogen and oxygen atoms in total. The molecule has 7 aliphatic rings. The van der Waals surface area contributed by atoms with Crippen molar-refractivity contribution in [1.82, 2.24) is 4.90 Å². The summed E-state index contributed by atoms with van der Waals surface area (Å²) in [6.45, 7) is 6.88. The number of likely N-dealkylation sites (tertiary alicyclic amines) is 1. The first-order chi connectivity index (χ1) is 26.9. The number of rotatable bonds is 9. The molecule has 2 aliphatic heterocycles. The Hall–Kier alpha value is -2.36. The van der Waals surface area contributed by atoms with Gasteiger partial charge < -0.3 is 39.0 Å². The highest BCUT2D eigenvalue weighted by Gasteiger charge is 2.91. The van der Waals surface area contributed by atoms with Gasteiger partial charge in [-0.25, -0.2) is 9.69 Å². The minimum atomic E-state index is -4.69. The second-order valence-electron chi connectivity index (χ2n) is 16.7. The molecule has 2 saturated heterocycles. The average Bonchev–Trinajstić information content (AvgIpc) is 3.69. The normalized spacial score (nSPS) is 42.6. The largest absolute Gasteiger partial charge is 0.461 e. The maximum Gasteiger partial charge on any atom is 0.340 e. The molecule has 57 heavy (non-hydrogen) atoms. The first-order valence-electron chi connectivity index (χ1n) is 19.5. The van der Waals surface area contributed by atoms with Crippen molar-refractivity contribution in [3.05, 3.63) is 29.8 Å². The molecule has 2 amide bonds. The van der Waals surface area contributed by atoms with E-state index in [9.17, 15) is 24.6 Å². The molecule has 7 bridgehead atoms. The fourth-order valence-corrected chi connectivity index (χ4v) is 13.2. The SMILES string of the molecule is CCN1C[C@@]2(COC(=O)c3ccccc3N3C(=O)C[C@H](C)C3=O)CC[C@H](OC)[C@]34[C@@H]5C[C@H]6[C@H](OC)[C@@H]5[C@](O)(C[C@@H]6OC)[C@](O)([C@@H](OC)[C@H]23)[C@@H]14.CCO.[O-][Cl+3]([O-])([O-])O. The lowest BCUT2D eigenvalue weighted by Gasteiger charge is -2.70. The molecule has 1 spiro atoms. The van der Waals surface area contributed by atoms with Crippen LogP contribution in [0.2, 0.25) is 0 Å². The molecule has 14 atom stereocenters. The zero-order valence-corrected chi connectivity index (χ0v) is 34.3. The Kier molecular flexibility index (Phi) is 12.3. The predicted octanol–water partition coefficient (Wildman–Crippen LogP) is -2.09. The van der Waals surface area contributed by atoms with E-state index in [2.05, 4.69) is 11.8 Å². The Balaban J connectivity index is 0.000000630. The predicted molar refractivity (Wildman–Crippen MR) is 189 cm³/mol. The van der Waals surface area contributed by atoms with E-state index in [1.54, 1.807) is 66.6 Å². The van der Waals surface area contributed by atoms with Crippen molar-refractivity contribution in [2.45, 2.75) is 94.5 Å². The van der Waals surface area contributed by atoms with Gasteiger partial charge in [-0.1, -0.05) is 26.0 Å². The Morgan fingerprint density at radius 1 is 1.02 bits per heavy atom. The van der Waals surface area contributed by atoms with Crippen molar-refractivity contribution in [2.24, 2.45) is 40.4 Å². The average molecular weight is 829 g/mol. The number of amides is 2. The van der Waals surface area contributed by atoms with Gasteiger partial charge in [0.05, 0.1) is 63.2 Å². The zero-order valence-electron chi connectivity index (χ0n) is 33.5. The summed E-state index contributed by atoms with van der Waals surface area (Å²) in [6.07, 6.45) is 0.813. The highest BCUT2D eigenvalue weighted by Crippen LogP contribution is 2.80. The molecule has 18 heteroatoms. The number of aliphatic hydroxyl groups is 3. The molecule has 7 fully saturated rings. The standard InChI is InChI=1S/C37H50N2O10.C2H6O.ClHO4/c1-7-38-17-34(18-49-32(42)20-10-8-9-11-23(20)39-26(40)14-19(2)31(39)41)13-12-25(46-4)36-22-15-21-24(45-3)16-35(43,27(22)28(21)47-5)37(44,33(36)38)30(48-6)29(34)36;1-2-3;2-1(3,4)5/h8-11,19,21-22,24-25,27-30,33,43-44H,7,12-18H2,1-6H3;3H,2H2,1H3;(H,2,3,4,5)/t19-,21+,22+,24-,25-,27+,28-,29+,30-,33-,34+,35+,36+,37-;;/m0../s1. The number of carbonyl (C=O) groups is 3. The van der Waals surface area contributed by atoms with Crippen LogP contribution in [-0.4, -0.2) is 139 Å². The van der Waals surface area contributed by atoms with Gasteiger partial charge in [-0.05, 0) is 50.8 Å². The van der Waals surface area contributed by atoms with Gasteiger partial charge in [-0.15, -0.1) is 0 Å². The van der Waals surface area contributed by atoms with Crippen molar-refractivity contribution in [1.29, 1.82) is 0 Å². The minimum absolute atomic E-state index is 0.0358. The van der Waals surface area contributed by atoms with Crippen LogP contribution in [0, 0.1) is 50.7 Å². The summed E-state index contributed by atoms with van der Waals surface area (Å²) in [5, 5.41) is 34.2. The molecule has 0 radical (unpaired) electrons. The van der Waals surface area contributed by atoms with Crippen molar-refractivity contribution in [3.8, 4) is 0 Å². The van der Waals surface area contributed by atoms with Crippen LogP contribution in [0.3, 0.4) is 0 Å². The third-order valence-electron chi connectivity index (χ3n) is 14.5. The van der Waals surface area contributed by atoms with Gasteiger partial charge in [-0.2, -0.15) is 14.0 Å². The number of fused-ring (bicyclic) bond motifs is 2. The molecule has 5 aliphatic carbocycles. The monoisotopic (exact) mass is 828 g/mol. The summed E-state index contributed by atoms with van der Waals surface area (Å²) in [6, 6.07) is 6.12. The summed E-state index contributed by atoms with van der Waals surface area (Å²) >= 11 is 0. The number of hydrogen-bond donors (Lipinski definition) is 4. The van der Waals surface area contributed by atoms with Crippen molar-refractivity contribution >= 4 is 23.5 Å². The molecule has 4 N–H and O–H groups in total. The smallest absolute Gasteiger partial charge is 0.340 e. The third kappa shape index (κ3) is 6.39. The Labute approximate surface area is 334 Å². The number of halogens is 1. The summed E-state index contributed by atoms with van der Waals surface area (Å²) in [4.78, 5) is 43.3.